The first-order chi connectivity index (χ1) is 14.2. The summed E-state index contributed by atoms with van der Waals surface area (Å²) >= 11 is 2.88. The molecule has 0 unspecified atom stereocenters. The number of fused-ring (bicyclic) bond motifs is 1. The van der Waals surface area contributed by atoms with Gasteiger partial charge in [-0.15, -0.1) is 22.7 Å². The van der Waals surface area contributed by atoms with Gasteiger partial charge in [0, 0.05) is 16.9 Å². The summed E-state index contributed by atoms with van der Waals surface area (Å²) in [7, 11) is 0. The lowest BCUT2D eigenvalue weighted by atomic mass is 10.1. The number of carboxylic acid groups (broad SMARTS) is 1. The van der Waals surface area contributed by atoms with E-state index in [1.54, 1.807) is 12.1 Å². The van der Waals surface area contributed by atoms with Gasteiger partial charge in [-0.25, -0.2) is 9.97 Å². The molecule has 0 spiro atoms. The maximum atomic E-state index is 12.8. The number of rotatable bonds is 5. The van der Waals surface area contributed by atoms with E-state index >= 15 is 0 Å². The van der Waals surface area contributed by atoms with Crippen molar-refractivity contribution in [2.24, 2.45) is 0 Å². The van der Waals surface area contributed by atoms with Crippen molar-refractivity contribution in [3.63, 3.8) is 0 Å². The number of carbonyl (C=O) groups is 1. The van der Waals surface area contributed by atoms with Gasteiger partial charge in [0.25, 0.3) is 0 Å². The average molecular weight is 448 g/mol. The Balaban J connectivity index is 1.60. The molecule has 0 bridgehead atoms. The molecule has 4 nitrogen and oxygen atoms in total. The van der Waals surface area contributed by atoms with Crippen LogP contribution >= 0.6 is 22.7 Å². The minimum atomic E-state index is -4.37. The Hall–Kier alpha value is -2.78. The summed E-state index contributed by atoms with van der Waals surface area (Å²) in [6.07, 6.45) is -3.89. The molecule has 2 aromatic heterocycles. The average Bonchev–Trinajstić information content (AvgIpc) is 3.25. The summed E-state index contributed by atoms with van der Waals surface area (Å²) in [6.45, 7) is 1.86. The number of aromatic nitrogens is 2. The van der Waals surface area contributed by atoms with Gasteiger partial charge in [0.1, 0.15) is 5.01 Å². The molecule has 154 valence electrons. The zero-order valence-corrected chi connectivity index (χ0v) is 17.3. The van der Waals surface area contributed by atoms with E-state index in [-0.39, 0.29) is 6.42 Å². The van der Waals surface area contributed by atoms with Crippen molar-refractivity contribution in [1.29, 1.82) is 0 Å². The van der Waals surface area contributed by atoms with Gasteiger partial charge in [-0.1, -0.05) is 24.3 Å². The lowest BCUT2D eigenvalue weighted by Crippen LogP contribution is -2.03. The van der Waals surface area contributed by atoms with Crippen molar-refractivity contribution in [2.75, 3.05) is 0 Å². The quantitative estimate of drug-likeness (QED) is 0.409. The van der Waals surface area contributed by atoms with Crippen molar-refractivity contribution in [3.8, 4) is 10.6 Å². The number of halogens is 3. The van der Waals surface area contributed by atoms with E-state index in [0.29, 0.717) is 17.0 Å². The third kappa shape index (κ3) is 4.22. The number of aliphatic carboxylic acids is 1. The minimum Gasteiger partial charge on any atom is -0.481 e. The highest BCUT2D eigenvalue weighted by molar-refractivity contribution is 7.19. The Morgan fingerprint density at radius 1 is 1.07 bits per heavy atom. The van der Waals surface area contributed by atoms with E-state index in [1.165, 1.54) is 34.8 Å². The van der Waals surface area contributed by atoms with Crippen LogP contribution in [-0.2, 0) is 23.8 Å². The van der Waals surface area contributed by atoms with Gasteiger partial charge < -0.3 is 5.11 Å². The molecule has 0 saturated heterocycles. The molecule has 0 amide bonds. The van der Waals surface area contributed by atoms with Crippen LogP contribution in [0.4, 0.5) is 13.2 Å². The summed E-state index contributed by atoms with van der Waals surface area (Å²) in [6, 6.07) is 10.4. The van der Waals surface area contributed by atoms with Crippen LogP contribution in [0.2, 0.25) is 0 Å². The largest absolute Gasteiger partial charge is 0.481 e. The SMILES string of the molecule is Cc1nc(-c2ccc(C(F)(F)F)cc2)sc1Cc1nc2cccc(CC(=O)O)c2s1. The molecule has 4 aromatic rings. The van der Waals surface area contributed by atoms with E-state index in [2.05, 4.69) is 9.97 Å². The molecule has 0 aliphatic carbocycles. The molecule has 2 aromatic carbocycles. The van der Waals surface area contributed by atoms with Gasteiger partial charge >= 0.3 is 12.1 Å². The standard InChI is InChI=1S/C21H15F3N2O2S2/c1-11-16(29-20(25-11)12-5-7-14(8-6-12)21(22,23)24)10-17-26-15-4-2-3-13(9-18(27)28)19(15)30-17/h2-8H,9-10H2,1H3,(H,27,28). The highest BCUT2D eigenvalue weighted by Gasteiger charge is 2.30. The fraction of sp³-hybridized carbons (Fsp3) is 0.190. The second kappa shape index (κ2) is 7.81. The van der Waals surface area contributed by atoms with Crippen molar-refractivity contribution in [3.05, 3.63) is 69.2 Å². The summed E-state index contributed by atoms with van der Waals surface area (Å²) in [5.41, 5.74) is 2.25. The van der Waals surface area contributed by atoms with Crippen molar-refractivity contribution in [2.45, 2.75) is 25.9 Å². The number of benzene rings is 2. The van der Waals surface area contributed by atoms with E-state index in [4.69, 9.17) is 5.11 Å². The molecule has 1 N–H and O–H groups in total. The maximum Gasteiger partial charge on any atom is 0.416 e. The third-order valence-corrected chi connectivity index (χ3v) is 6.90. The molecular weight excluding hydrogens is 433 g/mol. The topological polar surface area (TPSA) is 63.1 Å². The van der Waals surface area contributed by atoms with Gasteiger partial charge in [0.15, 0.2) is 0 Å². The number of carboxylic acids is 1. The maximum absolute atomic E-state index is 12.8. The molecule has 0 atom stereocenters. The number of thiazole rings is 2. The van der Waals surface area contributed by atoms with Gasteiger partial charge in [0.2, 0.25) is 0 Å². The van der Waals surface area contributed by atoms with Crippen molar-refractivity contribution >= 4 is 38.9 Å². The lowest BCUT2D eigenvalue weighted by molar-refractivity contribution is -0.138. The van der Waals surface area contributed by atoms with Crippen LogP contribution in [0.25, 0.3) is 20.8 Å². The highest BCUT2D eigenvalue weighted by Crippen LogP contribution is 2.35. The van der Waals surface area contributed by atoms with Crippen molar-refractivity contribution in [1.82, 2.24) is 9.97 Å². The number of nitrogens with zero attached hydrogens (tertiary/aromatic N) is 2. The minimum absolute atomic E-state index is 0.0589. The number of hydrogen-bond donors (Lipinski definition) is 1. The Kier molecular flexibility index (Phi) is 5.33. The predicted octanol–water partition coefficient (Wildman–Crippen LogP) is 5.96. The van der Waals surface area contributed by atoms with Crippen LogP contribution in [-0.4, -0.2) is 21.0 Å². The van der Waals surface area contributed by atoms with E-state index in [9.17, 15) is 18.0 Å². The Morgan fingerprint density at radius 3 is 2.47 bits per heavy atom. The second-order valence-corrected chi connectivity index (χ2v) is 8.89. The van der Waals surface area contributed by atoms with E-state index in [0.717, 1.165) is 43.5 Å². The van der Waals surface area contributed by atoms with Gasteiger partial charge in [0.05, 0.1) is 32.9 Å². The number of aryl methyl sites for hydroxylation is 1. The smallest absolute Gasteiger partial charge is 0.416 e. The zero-order valence-electron chi connectivity index (χ0n) is 15.7. The summed E-state index contributed by atoms with van der Waals surface area (Å²) in [4.78, 5) is 21.2. The first-order valence-corrected chi connectivity index (χ1v) is 10.6. The Morgan fingerprint density at radius 2 is 1.80 bits per heavy atom. The highest BCUT2D eigenvalue weighted by atomic mass is 32.1. The van der Waals surface area contributed by atoms with Gasteiger partial charge in [-0.05, 0) is 30.7 Å². The molecule has 0 fully saturated rings. The molecule has 0 saturated carbocycles. The lowest BCUT2D eigenvalue weighted by Gasteiger charge is -2.06. The third-order valence-electron chi connectivity index (χ3n) is 4.55. The molecule has 4 rings (SSSR count). The molecule has 0 aliphatic heterocycles. The fourth-order valence-electron chi connectivity index (χ4n) is 3.08. The fourth-order valence-corrected chi connectivity index (χ4v) is 5.33. The first kappa shape index (κ1) is 20.5. The molecule has 0 radical (unpaired) electrons. The molecule has 9 heteroatoms. The normalized spacial score (nSPS) is 11.9. The van der Waals surface area contributed by atoms with Crippen LogP contribution in [0, 0.1) is 6.92 Å². The van der Waals surface area contributed by atoms with Crippen LogP contribution in [0.3, 0.4) is 0 Å². The van der Waals surface area contributed by atoms with Crippen LogP contribution < -0.4 is 0 Å². The first-order valence-electron chi connectivity index (χ1n) is 8.94. The molecular formula is C21H15F3N2O2S2. The van der Waals surface area contributed by atoms with Crippen molar-refractivity contribution < 1.29 is 23.1 Å². The number of alkyl halides is 3. The summed E-state index contributed by atoms with van der Waals surface area (Å²) in [5, 5.41) is 10.6. The molecule has 0 aliphatic rings. The van der Waals surface area contributed by atoms with E-state index in [1.807, 2.05) is 13.0 Å². The van der Waals surface area contributed by atoms with E-state index < -0.39 is 17.7 Å². The predicted molar refractivity (Wildman–Crippen MR) is 111 cm³/mol. The molecule has 2 heterocycles. The van der Waals surface area contributed by atoms with Gasteiger partial charge in [-0.2, -0.15) is 13.2 Å². The van der Waals surface area contributed by atoms with Crippen LogP contribution in [0.15, 0.2) is 42.5 Å². The Bertz CT molecular complexity index is 1230. The van der Waals surface area contributed by atoms with Crippen LogP contribution in [0.5, 0.6) is 0 Å². The van der Waals surface area contributed by atoms with Gasteiger partial charge in [-0.3, -0.25) is 4.79 Å². The number of hydrogen-bond acceptors (Lipinski definition) is 5. The monoisotopic (exact) mass is 448 g/mol. The zero-order chi connectivity index (χ0) is 21.5. The Labute approximate surface area is 177 Å². The molecule has 30 heavy (non-hydrogen) atoms. The second-order valence-electron chi connectivity index (χ2n) is 6.72. The van der Waals surface area contributed by atoms with Crippen LogP contribution in [0.1, 0.15) is 26.7 Å². The summed E-state index contributed by atoms with van der Waals surface area (Å²) < 4.78 is 39.2. The summed E-state index contributed by atoms with van der Waals surface area (Å²) in [5.74, 6) is -0.892.